The van der Waals surface area contributed by atoms with Crippen molar-refractivity contribution < 1.29 is 17.6 Å². The van der Waals surface area contributed by atoms with Gasteiger partial charge in [0.2, 0.25) is 5.95 Å². The number of nitrogens with one attached hydrogen (secondary N) is 1. The molecule has 6 nitrogen and oxygen atoms in total. The number of aryl methyl sites for hydroxylation is 1. The van der Waals surface area contributed by atoms with Gasteiger partial charge < -0.3 is 9.73 Å². The number of aromatic nitrogens is 4. The third-order valence-corrected chi connectivity index (χ3v) is 4.73. The SMILES string of the molecule is Cc1ccc(C2(Nc3ncc(-c4nnc(C(F)(F)F)o4)cn3)CCC2)cc1. The molecule has 0 spiro atoms. The van der Waals surface area contributed by atoms with E-state index in [1.807, 2.05) is 6.92 Å². The fraction of sp³-hybridized carbons (Fsp3) is 0.333. The van der Waals surface area contributed by atoms with E-state index in [1.165, 1.54) is 23.5 Å². The van der Waals surface area contributed by atoms with E-state index in [0.717, 1.165) is 19.3 Å². The molecule has 0 atom stereocenters. The first-order chi connectivity index (χ1) is 12.9. The first-order valence-electron chi connectivity index (χ1n) is 8.44. The molecule has 1 aliphatic rings. The first-order valence-corrected chi connectivity index (χ1v) is 8.44. The zero-order chi connectivity index (χ0) is 19.1. The summed E-state index contributed by atoms with van der Waals surface area (Å²) in [4.78, 5) is 8.41. The Morgan fingerprint density at radius 2 is 1.70 bits per heavy atom. The molecule has 140 valence electrons. The molecule has 0 saturated heterocycles. The summed E-state index contributed by atoms with van der Waals surface area (Å²) in [5.41, 5.74) is 2.36. The van der Waals surface area contributed by atoms with Crippen molar-refractivity contribution in [1.82, 2.24) is 20.2 Å². The van der Waals surface area contributed by atoms with Crippen LogP contribution in [0.15, 0.2) is 41.1 Å². The Morgan fingerprint density at radius 3 is 2.22 bits per heavy atom. The molecule has 27 heavy (non-hydrogen) atoms. The second kappa shape index (κ2) is 6.33. The molecule has 1 fully saturated rings. The third-order valence-electron chi connectivity index (χ3n) is 4.73. The van der Waals surface area contributed by atoms with Crippen LogP contribution in [0.5, 0.6) is 0 Å². The predicted octanol–water partition coefficient (Wildman–Crippen LogP) is 4.35. The number of nitrogens with zero attached hydrogens (tertiary/aromatic N) is 4. The highest BCUT2D eigenvalue weighted by molar-refractivity contribution is 5.51. The second-order valence-electron chi connectivity index (χ2n) is 6.63. The molecule has 1 N–H and O–H groups in total. The highest BCUT2D eigenvalue weighted by atomic mass is 19.4. The Morgan fingerprint density at radius 1 is 1.04 bits per heavy atom. The number of alkyl halides is 3. The minimum Gasteiger partial charge on any atom is -0.413 e. The quantitative estimate of drug-likeness (QED) is 0.731. The predicted molar refractivity (Wildman–Crippen MR) is 90.7 cm³/mol. The Hall–Kier alpha value is -2.97. The van der Waals surface area contributed by atoms with E-state index in [2.05, 4.69) is 54.2 Å². The lowest BCUT2D eigenvalue weighted by molar-refractivity contribution is -0.156. The molecular weight excluding hydrogens is 359 g/mol. The summed E-state index contributed by atoms with van der Waals surface area (Å²) in [7, 11) is 0. The van der Waals surface area contributed by atoms with Gasteiger partial charge in [0.05, 0.1) is 11.1 Å². The van der Waals surface area contributed by atoms with Gasteiger partial charge in [-0.05, 0) is 31.7 Å². The van der Waals surface area contributed by atoms with Gasteiger partial charge in [0.15, 0.2) is 0 Å². The van der Waals surface area contributed by atoms with E-state index in [-0.39, 0.29) is 17.0 Å². The van der Waals surface area contributed by atoms with Crippen LogP contribution in [0, 0.1) is 6.92 Å². The van der Waals surface area contributed by atoms with Crippen molar-refractivity contribution in [3.63, 3.8) is 0 Å². The molecule has 0 radical (unpaired) electrons. The number of rotatable bonds is 4. The Bertz CT molecular complexity index is 931. The smallest absolute Gasteiger partial charge is 0.413 e. The minimum absolute atomic E-state index is 0.219. The molecule has 1 saturated carbocycles. The molecule has 0 amide bonds. The van der Waals surface area contributed by atoms with Crippen molar-refractivity contribution in [1.29, 1.82) is 0 Å². The molecule has 1 aliphatic carbocycles. The number of benzene rings is 1. The average molecular weight is 375 g/mol. The van der Waals surface area contributed by atoms with Crippen LogP contribution in [-0.2, 0) is 11.7 Å². The molecule has 3 aromatic rings. The molecule has 2 heterocycles. The van der Waals surface area contributed by atoms with E-state index in [4.69, 9.17) is 0 Å². The zero-order valence-electron chi connectivity index (χ0n) is 14.4. The number of hydrogen-bond donors (Lipinski definition) is 1. The van der Waals surface area contributed by atoms with Gasteiger partial charge in [-0.15, -0.1) is 10.2 Å². The topological polar surface area (TPSA) is 76.7 Å². The van der Waals surface area contributed by atoms with E-state index < -0.39 is 12.1 Å². The first kappa shape index (κ1) is 17.4. The zero-order valence-corrected chi connectivity index (χ0v) is 14.4. The van der Waals surface area contributed by atoms with Crippen LogP contribution in [0.3, 0.4) is 0 Å². The van der Waals surface area contributed by atoms with Crippen LogP contribution in [0.25, 0.3) is 11.5 Å². The van der Waals surface area contributed by atoms with E-state index >= 15 is 0 Å². The normalized spacial score (nSPS) is 16.0. The maximum absolute atomic E-state index is 12.6. The Labute approximate surface area is 152 Å². The lowest BCUT2D eigenvalue weighted by atomic mass is 9.72. The molecule has 1 aromatic carbocycles. The number of halogens is 3. The minimum atomic E-state index is -4.68. The molecule has 4 rings (SSSR count). The monoisotopic (exact) mass is 375 g/mol. The van der Waals surface area contributed by atoms with Crippen LogP contribution < -0.4 is 5.32 Å². The van der Waals surface area contributed by atoms with Gasteiger partial charge in [-0.2, -0.15) is 13.2 Å². The van der Waals surface area contributed by atoms with Gasteiger partial charge in [-0.25, -0.2) is 9.97 Å². The highest BCUT2D eigenvalue weighted by Crippen LogP contribution is 2.43. The molecular formula is C18H16F3N5O. The van der Waals surface area contributed by atoms with Crippen LogP contribution in [0.4, 0.5) is 19.1 Å². The largest absolute Gasteiger partial charge is 0.470 e. The van der Waals surface area contributed by atoms with E-state index in [9.17, 15) is 13.2 Å². The van der Waals surface area contributed by atoms with Gasteiger partial charge in [0.1, 0.15) is 0 Å². The molecule has 0 unspecified atom stereocenters. The van der Waals surface area contributed by atoms with Crippen molar-refractivity contribution in [3.8, 4) is 11.5 Å². The third kappa shape index (κ3) is 3.36. The number of hydrogen-bond acceptors (Lipinski definition) is 6. The summed E-state index contributed by atoms with van der Waals surface area (Å²) in [5, 5.41) is 9.77. The standard InChI is InChI=1S/C18H16F3N5O/c1-11-3-5-13(6-4-11)17(7-2-8-17)24-16-22-9-12(10-23-16)14-25-26-15(27-14)18(19,20)21/h3-6,9-10H,2,7-8H2,1H3,(H,22,23,24). The van der Waals surface area contributed by atoms with Crippen LogP contribution >= 0.6 is 0 Å². The Balaban J connectivity index is 1.54. The molecule has 0 aliphatic heterocycles. The molecule has 2 aromatic heterocycles. The van der Waals surface area contributed by atoms with Crippen molar-refractivity contribution in [2.24, 2.45) is 0 Å². The highest BCUT2D eigenvalue weighted by Gasteiger charge is 2.40. The second-order valence-corrected chi connectivity index (χ2v) is 6.63. The van der Waals surface area contributed by atoms with Gasteiger partial charge in [0.25, 0.3) is 5.89 Å². The van der Waals surface area contributed by atoms with Crippen molar-refractivity contribution in [3.05, 3.63) is 53.7 Å². The van der Waals surface area contributed by atoms with Crippen LogP contribution in [-0.4, -0.2) is 20.2 Å². The van der Waals surface area contributed by atoms with E-state index in [0.29, 0.717) is 5.95 Å². The fourth-order valence-electron chi connectivity index (χ4n) is 3.06. The maximum Gasteiger partial charge on any atom is 0.470 e. The van der Waals surface area contributed by atoms with Gasteiger partial charge in [-0.1, -0.05) is 29.8 Å². The van der Waals surface area contributed by atoms with E-state index in [1.54, 1.807) is 0 Å². The van der Waals surface area contributed by atoms with Gasteiger partial charge >= 0.3 is 12.1 Å². The lowest BCUT2D eigenvalue weighted by Crippen LogP contribution is -2.42. The molecule has 9 heteroatoms. The summed E-state index contributed by atoms with van der Waals surface area (Å²) < 4.78 is 42.3. The van der Waals surface area contributed by atoms with Crippen molar-refractivity contribution in [2.45, 2.75) is 37.9 Å². The van der Waals surface area contributed by atoms with Gasteiger partial charge in [-0.3, -0.25) is 0 Å². The maximum atomic E-state index is 12.6. The summed E-state index contributed by atoms with van der Waals surface area (Å²) in [6.07, 6.45) is 1.06. The lowest BCUT2D eigenvalue weighted by Gasteiger charge is -2.43. The Kier molecular flexibility index (Phi) is 4.09. The summed E-state index contributed by atoms with van der Waals surface area (Å²) in [6.45, 7) is 2.04. The van der Waals surface area contributed by atoms with Gasteiger partial charge in [0, 0.05) is 12.4 Å². The molecule has 0 bridgehead atoms. The average Bonchev–Trinajstić information content (AvgIpc) is 3.10. The fourth-order valence-corrected chi connectivity index (χ4v) is 3.06. The van der Waals surface area contributed by atoms with Crippen molar-refractivity contribution >= 4 is 5.95 Å². The summed E-state index contributed by atoms with van der Waals surface area (Å²) in [5.74, 6) is -1.27. The van der Waals surface area contributed by atoms with Crippen molar-refractivity contribution in [2.75, 3.05) is 5.32 Å². The summed E-state index contributed by atoms with van der Waals surface area (Å²) >= 11 is 0. The van der Waals surface area contributed by atoms with Crippen LogP contribution in [0.1, 0.15) is 36.3 Å². The number of anilines is 1. The summed E-state index contributed by atoms with van der Waals surface area (Å²) in [6, 6.07) is 8.31. The van der Waals surface area contributed by atoms with Crippen LogP contribution in [0.2, 0.25) is 0 Å².